The Morgan fingerprint density at radius 3 is 2.68 bits per heavy atom. The number of carboxylic acid groups (broad SMARTS) is 1. The Labute approximate surface area is 110 Å². The number of ether oxygens (including phenoxy) is 2. The van der Waals surface area contributed by atoms with Gasteiger partial charge in [-0.2, -0.15) is 0 Å². The molecule has 2 rings (SSSR count). The van der Waals surface area contributed by atoms with E-state index in [-0.39, 0.29) is 12.3 Å². The minimum absolute atomic E-state index is 0.0187. The summed E-state index contributed by atoms with van der Waals surface area (Å²) < 4.78 is 10.3. The van der Waals surface area contributed by atoms with Crippen LogP contribution in [-0.2, 0) is 9.59 Å². The van der Waals surface area contributed by atoms with Crippen LogP contribution >= 0.6 is 0 Å². The van der Waals surface area contributed by atoms with Crippen LogP contribution < -0.4 is 14.8 Å². The number of hydrogen-bond acceptors (Lipinski definition) is 4. The molecular weight excluding hydrogens is 250 g/mol. The molecule has 0 bridgehead atoms. The summed E-state index contributed by atoms with van der Waals surface area (Å²) in [6.07, 6.45) is -0.0187. The van der Waals surface area contributed by atoms with Crippen molar-refractivity contribution in [3.8, 4) is 11.5 Å². The Balaban J connectivity index is 2.40. The Kier molecular flexibility index (Phi) is 3.59. The van der Waals surface area contributed by atoms with Crippen LogP contribution in [0.1, 0.15) is 18.0 Å². The van der Waals surface area contributed by atoms with E-state index in [4.69, 9.17) is 14.6 Å². The third-order valence-corrected chi connectivity index (χ3v) is 3.22. The van der Waals surface area contributed by atoms with Crippen LogP contribution in [0.25, 0.3) is 0 Å². The number of hydrogen-bond donors (Lipinski definition) is 2. The molecule has 102 valence electrons. The summed E-state index contributed by atoms with van der Waals surface area (Å²) in [6.45, 7) is 0. The smallest absolute Gasteiger partial charge is 0.309 e. The summed E-state index contributed by atoms with van der Waals surface area (Å²) in [6, 6.07) is 4.51. The number of aliphatic carboxylic acids is 1. The molecule has 1 saturated heterocycles. The second kappa shape index (κ2) is 5.17. The zero-order valence-electron chi connectivity index (χ0n) is 10.7. The minimum Gasteiger partial charge on any atom is -0.497 e. The SMILES string of the molecule is COc1ccc(C2NC(=O)CC2C(=O)O)c(OC)c1. The fourth-order valence-corrected chi connectivity index (χ4v) is 2.25. The molecule has 0 aliphatic carbocycles. The lowest BCUT2D eigenvalue weighted by atomic mass is 9.93. The van der Waals surface area contributed by atoms with Crippen LogP contribution in [0.4, 0.5) is 0 Å². The standard InChI is InChI=1S/C13H15NO5/c1-18-7-3-4-8(10(5-7)19-2)12-9(13(16)17)6-11(15)14-12/h3-5,9,12H,6H2,1-2H3,(H,14,15)(H,16,17). The van der Waals surface area contributed by atoms with Crippen LogP contribution in [0.2, 0.25) is 0 Å². The van der Waals surface area contributed by atoms with E-state index in [9.17, 15) is 9.59 Å². The number of benzene rings is 1. The maximum atomic E-state index is 11.4. The molecule has 1 aliphatic heterocycles. The van der Waals surface area contributed by atoms with E-state index in [1.807, 2.05) is 0 Å². The summed E-state index contributed by atoms with van der Waals surface area (Å²) >= 11 is 0. The predicted octanol–water partition coefficient (Wildman–Crippen LogP) is 0.966. The molecule has 2 atom stereocenters. The normalized spacial score (nSPS) is 21.9. The molecule has 6 nitrogen and oxygen atoms in total. The molecule has 1 amide bonds. The molecule has 1 aliphatic rings. The number of carbonyl (C=O) groups is 2. The molecule has 2 N–H and O–H groups in total. The quantitative estimate of drug-likeness (QED) is 0.847. The molecule has 1 heterocycles. The lowest BCUT2D eigenvalue weighted by Crippen LogP contribution is -2.24. The highest BCUT2D eigenvalue weighted by atomic mass is 16.5. The van der Waals surface area contributed by atoms with E-state index in [1.54, 1.807) is 18.2 Å². The summed E-state index contributed by atoms with van der Waals surface area (Å²) in [4.78, 5) is 22.6. The number of methoxy groups -OCH3 is 2. The Bertz CT molecular complexity index is 514. The van der Waals surface area contributed by atoms with Crippen molar-refractivity contribution >= 4 is 11.9 Å². The lowest BCUT2D eigenvalue weighted by Gasteiger charge is -2.19. The van der Waals surface area contributed by atoms with E-state index in [0.29, 0.717) is 17.1 Å². The Morgan fingerprint density at radius 2 is 2.11 bits per heavy atom. The van der Waals surface area contributed by atoms with Crippen LogP contribution in [0.15, 0.2) is 18.2 Å². The van der Waals surface area contributed by atoms with Gasteiger partial charge in [0.2, 0.25) is 5.91 Å². The summed E-state index contributed by atoms with van der Waals surface area (Å²) in [5, 5.41) is 11.8. The number of nitrogens with one attached hydrogen (secondary N) is 1. The largest absolute Gasteiger partial charge is 0.497 e. The maximum Gasteiger partial charge on any atom is 0.309 e. The first-order chi connectivity index (χ1) is 9.06. The van der Waals surface area contributed by atoms with Gasteiger partial charge < -0.3 is 19.9 Å². The van der Waals surface area contributed by atoms with Crippen molar-refractivity contribution in [2.75, 3.05) is 14.2 Å². The van der Waals surface area contributed by atoms with Gasteiger partial charge in [0.15, 0.2) is 0 Å². The Hall–Kier alpha value is -2.24. The fourth-order valence-electron chi connectivity index (χ4n) is 2.25. The number of carboxylic acids is 1. The van der Waals surface area contributed by atoms with Crippen molar-refractivity contribution in [1.29, 1.82) is 0 Å². The third-order valence-electron chi connectivity index (χ3n) is 3.22. The fraction of sp³-hybridized carbons (Fsp3) is 0.385. The molecule has 0 aromatic heterocycles. The van der Waals surface area contributed by atoms with Gasteiger partial charge in [0, 0.05) is 18.1 Å². The molecule has 2 unspecified atom stereocenters. The molecule has 1 aromatic rings. The van der Waals surface area contributed by atoms with Crippen LogP contribution in [0.5, 0.6) is 11.5 Å². The number of amides is 1. The van der Waals surface area contributed by atoms with Crippen molar-refractivity contribution < 1.29 is 24.2 Å². The van der Waals surface area contributed by atoms with Crippen molar-refractivity contribution in [3.05, 3.63) is 23.8 Å². The highest BCUT2D eigenvalue weighted by molar-refractivity contribution is 5.87. The Morgan fingerprint density at radius 1 is 1.37 bits per heavy atom. The van der Waals surface area contributed by atoms with E-state index >= 15 is 0 Å². The lowest BCUT2D eigenvalue weighted by molar-refractivity contribution is -0.142. The zero-order chi connectivity index (χ0) is 14.0. The van der Waals surface area contributed by atoms with Crippen LogP contribution in [-0.4, -0.2) is 31.2 Å². The molecule has 19 heavy (non-hydrogen) atoms. The third kappa shape index (κ3) is 2.47. The summed E-state index contributed by atoms with van der Waals surface area (Å²) in [5.74, 6) is -0.944. The predicted molar refractivity (Wildman–Crippen MR) is 66.2 cm³/mol. The van der Waals surface area contributed by atoms with Crippen LogP contribution in [0, 0.1) is 5.92 Å². The first kappa shape index (κ1) is 13.2. The van der Waals surface area contributed by atoms with Crippen molar-refractivity contribution in [2.24, 2.45) is 5.92 Å². The van der Waals surface area contributed by atoms with Gasteiger partial charge in [-0.05, 0) is 12.1 Å². The molecule has 1 aromatic carbocycles. The number of carbonyl (C=O) groups excluding carboxylic acids is 1. The van der Waals surface area contributed by atoms with Gasteiger partial charge in [-0.1, -0.05) is 0 Å². The van der Waals surface area contributed by atoms with E-state index < -0.39 is 17.9 Å². The monoisotopic (exact) mass is 265 g/mol. The minimum atomic E-state index is -0.999. The molecule has 0 saturated carbocycles. The molecular formula is C13H15NO5. The summed E-state index contributed by atoms with van der Waals surface area (Å²) in [5.41, 5.74) is 0.640. The van der Waals surface area contributed by atoms with Gasteiger partial charge in [0.1, 0.15) is 11.5 Å². The first-order valence-corrected chi connectivity index (χ1v) is 5.81. The van der Waals surface area contributed by atoms with Gasteiger partial charge in [-0.3, -0.25) is 9.59 Å². The molecule has 1 fully saturated rings. The van der Waals surface area contributed by atoms with E-state index in [0.717, 1.165) is 0 Å². The first-order valence-electron chi connectivity index (χ1n) is 5.81. The second-order valence-electron chi connectivity index (χ2n) is 4.30. The average Bonchev–Trinajstić information content (AvgIpc) is 2.80. The van der Waals surface area contributed by atoms with Crippen LogP contribution in [0.3, 0.4) is 0 Å². The van der Waals surface area contributed by atoms with E-state index in [2.05, 4.69) is 5.32 Å². The van der Waals surface area contributed by atoms with Gasteiger partial charge in [-0.15, -0.1) is 0 Å². The zero-order valence-corrected chi connectivity index (χ0v) is 10.7. The van der Waals surface area contributed by atoms with Crippen molar-refractivity contribution in [2.45, 2.75) is 12.5 Å². The van der Waals surface area contributed by atoms with Gasteiger partial charge in [-0.25, -0.2) is 0 Å². The number of rotatable bonds is 4. The highest BCUT2D eigenvalue weighted by Gasteiger charge is 2.39. The summed E-state index contributed by atoms with van der Waals surface area (Å²) in [7, 11) is 3.02. The maximum absolute atomic E-state index is 11.4. The highest BCUT2D eigenvalue weighted by Crippen LogP contribution is 2.37. The van der Waals surface area contributed by atoms with Crippen molar-refractivity contribution in [1.82, 2.24) is 5.32 Å². The molecule has 0 radical (unpaired) electrons. The topological polar surface area (TPSA) is 84.9 Å². The van der Waals surface area contributed by atoms with Gasteiger partial charge >= 0.3 is 5.97 Å². The molecule has 0 spiro atoms. The van der Waals surface area contributed by atoms with Gasteiger partial charge in [0.05, 0.1) is 26.2 Å². The second-order valence-corrected chi connectivity index (χ2v) is 4.30. The molecule has 6 heteroatoms. The van der Waals surface area contributed by atoms with E-state index in [1.165, 1.54) is 14.2 Å². The van der Waals surface area contributed by atoms with Gasteiger partial charge in [0.25, 0.3) is 0 Å². The average molecular weight is 265 g/mol. The van der Waals surface area contributed by atoms with Crippen molar-refractivity contribution in [3.63, 3.8) is 0 Å².